The molecule has 0 spiro atoms. The quantitative estimate of drug-likeness (QED) is 0.471. The number of primary amides is 1. The first-order valence-electron chi connectivity index (χ1n) is 9.38. The summed E-state index contributed by atoms with van der Waals surface area (Å²) in [5, 5.41) is 12.9. The smallest absolute Gasteiger partial charge is 0.338 e. The fourth-order valence-electron chi connectivity index (χ4n) is 3.80. The minimum atomic E-state index is -1.20. The molecule has 0 saturated carbocycles. The van der Waals surface area contributed by atoms with Gasteiger partial charge >= 0.3 is 5.97 Å². The Bertz CT molecular complexity index is 1150. The molecule has 0 radical (unpaired) electrons. The molecule has 10 heteroatoms. The Morgan fingerprint density at radius 1 is 1.16 bits per heavy atom. The third kappa shape index (κ3) is 3.53. The van der Waals surface area contributed by atoms with Crippen molar-refractivity contribution < 1.29 is 19.1 Å². The minimum Gasteiger partial charge on any atom is -0.478 e. The van der Waals surface area contributed by atoms with E-state index in [1.54, 1.807) is 18.3 Å². The molecule has 1 aliphatic rings. The van der Waals surface area contributed by atoms with E-state index in [4.69, 9.17) is 11.5 Å². The molecule has 158 valence electrons. The maximum Gasteiger partial charge on any atom is 0.338 e. The van der Waals surface area contributed by atoms with Crippen molar-refractivity contribution in [2.45, 2.75) is 18.8 Å². The molecule has 1 amide bonds. The lowest BCUT2D eigenvalue weighted by Crippen LogP contribution is -2.41. The van der Waals surface area contributed by atoms with Crippen LogP contribution in [0.1, 0.15) is 39.4 Å². The number of amides is 1. The molecule has 0 bridgehead atoms. The number of nitrogens with zero attached hydrogens (tertiary/aromatic N) is 3. The molecular formula is C21H19FN6O3. The number of hydrogen-bond donors (Lipinski definition) is 4. The number of carbonyl (C=O) groups is 2. The maximum absolute atomic E-state index is 13.5. The van der Waals surface area contributed by atoms with E-state index in [2.05, 4.69) is 15.3 Å². The number of fused-ring (bicyclic) bond motifs is 1. The molecule has 9 nitrogen and oxygen atoms in total. The van der Waals surface area contributed by atoms with Crippen molar-refractivity contribution in [3.8, 4) is 0 Å². The summed E-state index contributed by atoms with van der Waals surface area (Å²) in [6, 6.07) is 9.17. The van der Waals surface area contributed by atoms with Crippen molar-refractivity contribution in [1.82, 2.24) is 9.97 Å². The highest BCUT2D eigenvalue weighted by molar-refractivity contribution is 6.01. The van der Waals surface area contributed by atoms with Crippen molar-refractivity contribution in [3.63, 3.8) is 0 Å². The van der Waals surface area contributed by atoms with Crippen LogP contribution in [0.25, 0.3) is 0 Å². The van der Waals surface area contributed by atoms with Gasteiger partial charge in [0.15, 0.2) is 5.82 Å². The lowest BCUT2D eigenvalue weighted by Gasteiger charge is -2.34. The molecule has 6 N–H and O–H groups in total. The summed E-state index contributed by atoms with van der Waals surface area (Å²) in [6.07, 6.45) is 2.16. The summed E-state index contributed by atoms with van der Waals surface area (Å²) in [5.74, 6) is -2.10. The van der Waals surface area contributed by atoms with Crippen molar-refractivity contribution in [1.29, 1.82) is 0 Å². The average molecular weight is 422 g/mol. The van der Waals surface area contributed by atoms with Crippen LogP contribution in [0.2, 0.25) is 0 Å². The number of hydrogen-bond acceptors (Lipinski definition) is 7. The van der Waals surface area contributed by atoms with E-state index < -0.39 is 29.9 Å². The monoisotopic (exact) mass is 422 g/mol. The van der Waals surface area contributed by atoms with Crippen molar-refractivity contribution >= 4 is 23.4 Å². The van der Waals surface area contributed by atoms with Crippen LogP contribution < -0.4 is 21.7 Å². The molecule has 3 heterocycles. The van der Waals surface area contributed by atoms with Gasteiger partial charge < -0.3 is 26.8 Å². The minimum absolute atomic E-state index is 0.0497. The molecular weight excluding hydrogens is 403 g/mol. The van der Waals surface area contributed by atoms with Crippen molar-refractivity contribution in [2.75, 3.05) is 10.2 Å². The standard InChI is InChI=1S/C21H19FN6O3/c22-12-5-3-11(4-6-12)20-27-19-17(14(21(30)31)7-9-26-19)28(20)16(18(24)29)13-2-1-8-25-15(13)10-23/h1-9,16,20H,10,23H2,(H2,24,29)(H,26,27)(H,30,31). The molecule has 2 unspecified atom stereocenters. The first-order valence-corrected chi connectivity index (χ1v) is 9.38. The second-order valence-electron chi connectivity index (χ2n) is 6.91. The third-order valence-corrected chi connectivity index (χ3v) is 5.11. The van der Waals surface area contributed by atoms with Gasteiger partial charge in [-0.05, 0) is 29.8 Å². The van der Waals surface area contributed by atoms with Crippen LogP contribution in [0.5, 0.6) is 0 Å². The molecule has 2 aromatic heterocycles. The zero-order chi connectivity index (χ0) is 22.1. The van der Waals surface area contributed by atoms with Gasteiger partial charge in [-0.1, -0.05) is 18.2 Å². The number of pyridine rings is 2. The van der Waals surface area contributed by atoms with Crippen LogP contribution in [-0.4, -0.2) is 27.0 Å². The van der Waals surface area contributed by atoms with Gasteiger partial charge in [-0.25, -0.2) is 14.2 Å². The van der Waals surface area contributed by atoms with Crippen molar-refractivity contribution in [2.24, 2.45) is 11.5 Å². The summed E-state index contributed by atoms with van der Waals surface area (Å²) in [6.45, 7) is 0.0497. The highest BCUT2D eigenvalue weighted by atomic mass is 19.1. The first kappa shape index (κ1) is 20.2. The number of halogens is 1. The number of nitrogens with one attached hydrogen (secondary N) is 1. The zero-order valence-electron chi connectivity index (χ0n) is 16.2. The van der Waals surface area contributed by atoms with Crippen molar-refractivity contribution in [3.05, 3.63) is 83.1 Å². The van der Waals surface area contributed by atoms with E-state index in [-0.39, 0.29) is 23.6 Å². The van der Waals surface area contributed by atoms with Gasteiger partial charge in [-0.2, -0.15) is 0 Å². The zero-order valence-corrected chi connectivity index (χ0v) is 16.2. The molecule has 0 fully saturated rings. The third-order valence-electron chi connectivity index (χ3n) is 5.11. The average Bonchev–Trinajstić information content (AvgIpc) is 3.13. The Hall–Kier alpha value is -4.05. The lowest BCUT2D eigenvalue weighted by atomic mass is 9.99. The second-order valence-corrected chi connectivity index (χ2v) is 6.91. The molecule has 3 aromatic rings. The van der Waals surface area contributed by atoms with Gasteiger partial charge in [0, 0.05) is 24.5 Å². The fraction of sp³-hybridized carbons (Fsp3) is 0.143. The number of aromatic carboxylic acids is 1. The molecule has 2 atom stereocenters. The van der Waals surface area contributed by atoms with Crippen LogP contribution in [-0.2, 0) is 11.3 Å². The van der Waals surface area contributed by atoms with Gasteiger partial charge in [-0.3, -0.25) is 9.78 Å². The largest absolute Gasteiger partial charge is 0.478 e. The Balaban J connectivity index is 1.96. The van der Waals surface area contributed by atoms with Crippen LogP contribution in [0.15, 0.2) is 54.9 Å². The summed E-state index contributed by atoms with van der Waals surface area (Å²) in [7, 11) is 0. The number of carbonyl (C=O) groups excluding carboxylic acids is 1. The predicted octanol–water partition coefficient (Wildman–Crippen LogP) is 1.93. The molecule has 0 aliphatic carbocycles. The molecule has 0 saturated heterocycles. The SMILES string of the molecule is NCc1ncccc1C(C(N)=O)N1c2c(C(=O)O)ccnc2NC1c1ccc(F)cc1. The Kier molecular flexibility index (Phi) is 5.22. The van der Waals surface area contributed by atoms with Gasteiger partial charge in [0.2, 0.25) is 5.91 Å². The van der Waals surface area contributed by atoms with Crippen LogP contribution in [0, 0.1) is 5.82 Å². The fourth-order valence-corrected chi connectivity index (χ4v) is 3.80. The number of benzene rings is 1. The van der Waals surface area contributed by atoms with E-state index in [0.29, 0.717) is 16.8 Å². The highest BCUT2D eigenvalue weighted by Crippen LogP contribution is 2.47. The predicted molar refractivity (Wildman–Crippen MR) is 111 cm³/mol. The molecule has 1 aliphatic heterocycles. The van der Waals surface area contributed by atoms with Gasteiger partial charge in [0.05, 0.1) is 16.9 Å². The topological polar surface area (TPSA) is 147 Å². The van der Waals surface area contributed by atoms with E-state index in [1.807, 2.05) is 0 Å². The van der Waals surface area contributed by atoms with Crippen LogP contribution in [0.4, 0.5) is 15.9 Å². The normalized spacial score (nSPS) is 15.8. The lowest BCUT2D eigenvalue weighted by molar-refractivity contribution is -0.119. The molecule has 1 aromatic carbocycles. The summed E-state index contributed by atoms with van der Waals surface area (Å²) >= 11 is 0. The summed E-state index contributed by atoms with van der Waals surface area (Å²) in [5.41, 5.74) is 13.2. The Morgan fingerprint density at radius 3 is 2.55 bits per heavy atom. The molecule has 31 heavy (non-hydrogen) atoms. The van der Waals surface area contributed by atoms with Gasteiger partial charge in [0.25, 0.3) is 0 Å². The number of rotatable bonds is 6. The van der Waals surface area contributed by atoms with E-state index >= 15 is 0 Å². The van der Waals surface area contributed by atoms with Crippen LogP contribution >= 0.6 is 0 Å². The summed E-state index contributed by atoms with van der Waals surface area (Å²) in [4.78, 5) is 34.7. The Morgan fingerprint density at radius 2 is 1.90 bits per heavy atom. The second kappa shape index (κ2) is 8.00. The number of anilines is 2. The number of nitrogens with two attached hydrogens (primary N) is 2. The van der Waals surface area contributed by atoms with Gasteiger partial charge in [-0.15, -0.1) is 0 Å². The van der Waals surface area contributed by atoms with Crippen LogP contribution in [0.3, 0.4) is 0 Å². The first-order chi connectivity index (χ1) is 14.9. The van der Waals surface area contributed by atoms with E-state index in [9.17, 15) is 19.1 Å². The molecule has 4 rings (SSSR count). The number of carboxylic acids is 1. The van der Waals surface area contributed by atoms with Gasteiger partial charge in [0.1, 0.15) is 18.0 Å². The van der Waals surface area contributed by atoms with E-state index in [0.717, 1.165) is 0 Å². The van der Waals surface area contributed by atoms with E-state index in [1.165, 1.54) is 41.4 Å². The Labute approximate surface area is 176 Å². The highest BCUT2D eigenvalue weighted by Gasteiger charge is 2.42. The number of aromatic nitrogens is 2. The maximum atomic E-state index is 13.5. The summed E-state index contributed by atoms with van der Waals surface area (Å²) < 4.78 is 13.5. The number of carboxylic acid groups (broad SMARTS) is 1.